The maximum absolute atomic E-state index is 11.6. The summed E-state index contributed by atoms with van der Waals surface area (Å²) in [6.45, 7) is 1.68. The van der Waals surface area contributed by atoms with Gasteiger partial charge in [-0.3, -0.25) is 4.79 Å². The molecule has 0 saturated carbocycles. The van der Waals surface area contributed by atoms with E-state index in [2.05, 4.69) is 0 Å². The molecule has 0 unspecified atom stereocenters. The van der Waals surface area contributed by atoms with E-state index in [4.69, 9.17) is 18.9 Å². The minimum Gasteiger partial charge on any atom is -0.454 e. The molecule has 0 amide bonds. The molecule has 1 aliphatic rings. The van der Waals surface area contributed by atoms with Crippen molar-refractivity contribution in [1.29, 1.82) is 0 Å². The van der Waals surface area contributed by atoms with E-state index in [1.807, 2.05) is 60.7 Å². The van der Waals surface area contributed by atoms with Gasteiger partial charge in [0.05, 0.1) is 19.8 Å². The molecule has 0 spiro atoms. The first-order chi connectivity index (χ1) is 13.2. The number of benzene rings is 2. The molecule has 6 nitrogen and oxygen atoms in total. The smallest absolute Gasteiger partial charge is 0.303 e. The third-order valence-electron chi connectivity index (χ3n) is 4.29. The Labute approximate surface area is 158 Å². The van der Waals surface area contributed by atoms with E-state index in [-0.39, 0.29) is 6.61 Å². The molecule has 1 saturated heterocycles. The minimum atomic E-state index is -0.813. The topological polar surface area (TPSA) is 74.2 Å². The predicted molar refractivity (Wildman–Crippen MR) is 97.6 cm³/mol. The van der Waals surface area contributed by atoms with E-state index in [0.29, 0.717) is 13.2 Å². The van der Waals surface area contributed by atoms with Crippen LogP contribution in [0.2, 0.25) is 0 Å². The van der Waals surface area contributed by atoms with E-state index in [1.54, 1.807) is 0 Å². The van der Waals surface area contributed by atoms with E-state index >= 15 is 0 Å². The molecule has 0 aliphatic carbocycles. The van der Waals surface area contributed by atoms with Gasteiger partial charge in [0, 0.05) is 6.92 Å². The van der Waals surface area contributed by atoms with Crippen LogP contribution in [0.5, 0.6) is 0 Å². The van der Waals surface area contributed by atoms with Gasteiger partial charge >= 0.3 is 5.97 Å². The Kier molecular flexibility index (Phi) is 6.95. The van der Waals surface area contributed by atoms with Gasteiger partial charge in [-0.15, -0.1) is 0 Å². The SMILES string of the molecule is CC(=O)O[C@H]1[C@@H](OCc2ccccc2)O[C@H](CO)[C@H]1OCc1ccccc1. The molecule has 6 heteroatoms. The van der Waals surface area contributed by atoms with Gasteiger partial charge in [0.2, 0.25) is 0 Å². The van der Waals surface area contributed by atoms with Gasteiger partial charge < -0.3 is 24.1 Å². The largest absolute Gasteiger partial charge is 0.454 e. The van der Waals surface area contributed by atoms with Gasteiger partial charge in [-0.05, 0) is 11.1 Å². The number of hydrogen-bond acceptors (Lipinski definition) is 6. The van der Waals surface area contributed by atoms with Crippen molar-refractivity contribution in [2.75, 3.05) is 6.61 Å². The summed E-state index contributed by atoms with van der Waals surface area (Å²) in [5.41, 5.74) is 1.95. The van der Waals surface area contributed by atoms with Crippen molar-refractivity contribution in [3.05, 3.63) is 71.8 Å². The molecule has 0 radical (unpaired) electrons. The van der Waals surface area contributed by atoms with E-state index in [0.717, 1.165) is 11.1 Å². The monoisotopic (exact) mass is 372 g/mol. The Hall–Kier alpha value is -2.25. The lowest BCUT2D eigenvalue weighted by molar-refractivity contribution is -0.192. The Bertz CT molecular complexity index is 705. The predicted octanol–water partition coefficient (Wildman–Crippen LogP) is 2.44. The second-order valence-electron chi connectivity index (χ2n) is 6.36. The van der Waals surface area contributed by atoms with Crippen LogP contribution in [0.15, 0.2) is 60.7 Å². The zero-order chi connectivity index (χ0) is 19.1. The van der Waals surface area contributed by atoms with Crippen molar-refractivity contribution >= 4 is 5.97 Å². The maximum Gasteiger partial charge on any atom is 0.303 e. The van der Waals surface area contributed by atoms with Crippen LogP contribution < -0.4 is 0 Å². The normalized spacial score (nSPS) is 24.7. The van der Waals surface area contributed by atoms with Gasteiger partial charge in [0.25, 0.3) is 0 Å². The summed E-state index contributed by atoms with van der Waals surface area (Å²) in [4.78, 5) is 11.6. The lowest BCUT2D eigenvalue weighted by atomic mass is 10.1. The van der Waals surface area contributed by atoms with Crippen LogP contribution in [-0.2, 0) is 37.0 Å². The molecule has 27 heavy (non-hydrogen) atoms. The number of aliphatic hydroxyl groups is 1. The molecule has 4 atom stereocenters. The van der Waals surface area contributed by atoms with Crippen LogP contribution in [0, 0.1) is 0 Å². The first kappa shape index (κ1) is 19.5. The third kappa shape index (κ3) is 5.37. The van der Waals surface area contributed by atoms with Crippen molar-refractivity contribution in [3.8, 4) is 0 Å². The quantitative estimate of drug-likeness (QED) is 0.718. The highest BCUT2D eigenvalue weighted by Crippen LogP contribution is 2.29. The van der Waals surface area contributed by atoms with Crippen LogP contribution in [-0.4, -0.2) is 42.3 Å². The zero-order valence-corrected chi connectivity index (χ0v) is 15.2. The molecule has 1 fully saturated rings. The van der Waals surface area contributed by atoms with Crippen LogP contribution in [0.25, 0.3) is 0 Å². The first-order valence-electron chi connectivity index (χ1n) is 8.92. The first-order valence-corrected chi connectivity index (χ1v) is 8.92. The minimum absolute atomic E-state index is 0.261. The van der Waals surface area contributed by atoms with Crippen LogP contribution in [0.4, 0.5) is 0 Å². The molecule has 3 rings (SSSR count). The average Bonchev–Trinajstić information content (AvgIpc) is 3.02. The molecule has 0 bridgehead atoms. The van der Waals surface area contributed by atoms with Gasteiger partial charge in [-0.2, -0.15) is 0 Å². The summed E-state index contributed by atoms with van der Waals surface area (Å²) >= 11 is 0. The summed E-state index contributed by atoms with van der Waals surface area (Å²) in [5.74, 6) is -0.455. The second-order valence-corrected chi connectivity index (χ2v) is 6.36. The average molecular weight is 372 g/mol. The number of carbonyl (C=O) groups excluding carboxylic acids is 1. The van der Waals surface area contributed by atoms with E-state index < -0.39 is 30.6 Å². The molecule has 0 aromatic heterocycles. The van der Waals surface area contributed by atoms with Crippen molar-refractivity contribution in [1.82, 2.24) is 0 Å². The molecule has 2 aromatic rings. The highest BCUT2D eigenvalue weighted by molar-refractivity contribution is 5.66. The molecule has 144 valence electrons. The summed E-state index contributed by atoms with van der Waals surface area (Å²) in [6.07, 6.45) is -2.84. The fourth-order valence-corrected chi connectivity index (χ4v) is 3.01. The summed E-state index contributed by atoms with van der Waals surface area (Å²) in [7, 11) is 0. The molecule has 1 heterocycles. The van der Waals surface area contributed by atoms with Crippen LogP contribution >= 0.6 is 0 Å². The van der Waals surface area contributed by atoms with Gasteiger partial charge in [-0.25, -0.2) is 0 Å². The molecular formula is C21H24O6. The number of carbonyl (C=O) groups is 1. The van der Waals surface area contributed by atoms with Gasteiger partial charge in [-0.1, -0.05) is 60.7 Å². The summed E-state index contributed by atoms with van der Waals surface area (Å²) in [5, 5.41) is 9.69. The maximum atomic E-state index is 11.6. The van der Waals surface area contributed by atoms with Crippen LogP contribution in [0.3, 0.4) is 0 Å². The van der Waals surface area contributed by atoms with Crippen molar-refractivity contribution in [3.63, 3.8) is 0 Å². The second kappa shape index (κ2) is 9.62. The lowest BCUT2D eigenvalue weighted by Gasteiger charge is -2.23. The fourth-order valence-electron chi connectivity index (χ4n) is 3.01. The third-order valence-corrected chi connectivity index (χ3v) is 4.29. The number of esters is 1. The fraction of sp³-hybridized carbons (Fsp3) is 0.381. The van der Waals surface area contributed by atoms with Gasteiger partial charge in [0.1, 0.15) is 12.2 Å². The Morgan fingerprint density at radius 2 is 1.48 bits per heavy atom. The molecular weight excluding hydrogens is 348 g/mol. The zero-order valence-electron chi connectivity index (χ0n) is 15.2. The Balaban J connectivity index is 1.68. The van der Waals surface area contributed by atoms with Gasteiger partial charge in [0.15, 0.2) is 12.4 Å². The molecule has 2 aromatic carbocycles. The van der Waals surface area contributed by atoms with Crippen molar-refractivity contribution < 1.29 is 28.8 Å². The van der Waals surface area contributed by atoms with E-state index in [1.165, 1.54) is 6.92 Å². The summed E-state index contributed by atoms with van der Waals surface area (Å²) in [6, 6.07) is 19.3. The molecule has 1 aliphatic heterocycles. The van der Waals surface area contributed by atoms with E-state index in [9.17, 15) is 9.90 Å². The highest BCUT2D eigenvalue weighted by atomic mass is 16.7. The number of hydrogen-bond donors (Lipinski definition) is 1. The number of aliphatic hydroxyl groups excluding tert-OH is 1. The molecule has 1 N–H and O–H groups in total. The summed E-state index contributed by atoms with van der Waals surface area (Å²) < 4.78 is 23.0. The van der Waals surface area contributed by atoms with Crippen LogP contribution in [0.1, 0.15) is 18.1 Å². The Morgan fingerprint density at radius 3 is 2.00 bits per heavy atom. The highest BCUT2D eigenvalue weighted by Gasteiger charge is 2.48. The lowest BCUT2D eigenvalue weighted by Crippen LogP contribution is -2.40. The van der Waals surface area contributed by atoms with Crippen molar-refractivity contribution in [2.24, 2.45) is 0 Å². The standard InChI is InChI=1S/C21H24O6/c1-15(23)26-20-19(24-13-16-8-4-2-5-9-16)18(12-22)27-21(20)25-14-17-10-6-3-7-11-17/h2-11,18-22H,12-14H2,1H3/t18-,19-,20-,21+/m1/s1. The number of ether oxygens (including phenoxy) is 4. The Morgan fingerprint density at radius 1 is 0.926 bits per heavy atom. The van der Waals surface area contributed by atoms with Crippen molar-refractivity contribution in [2.45, 2.75) is 44.7 Å². The number of rotatable bonds is 8.